The lowest BCUT2D eigenvalue weighted by molar-refractivity contribution is -0.115. The van der Waals surface area contributed by atoms with Crippen molar-refractivity contribution in [3.8, 4) is 22.8 Å². The highest BCUT2D eigenvalue weighted by Gasteiger charge is 2.14. The van der Waals surface area contributed by atoms with Crippen LogP contribution in [0.25, 0.3) is 22.2 Å². The smallest absolute Gasteiger partial charge is 0.230 e. The van der Waals surface area contributed by atoms with Crippen LogP contribution in [0.2, 0.25) is 0 Å². The maximum Gasteiger partial charge on any atom is 0.230 e. The van der Waals surface area contributed by atoms with E-state index in [0.29, 0.717) is 16.6 Å². The number of fused-ring (bicyclic) bond motifs is 1. The Morgan fingerprint density at radius 1 is 1.18 bits per heavy atom. The number of benzene rings is 2. The van der Waals surface area contributed by atoms with Crippen molar-refractivity contribution < 1.29 is 14.3 Å². The number of ether oxygens (including phenoxy) is 2. The van der Waals surface area contributed by atoms with Gasteiger partial charge in [0.15, 0.2) is 5.13 Å². The van der Waals surface area contributed by atoms with E-state index in [1.807, 2.05) is 41.9 Å². The van der Waals surface area contributed by atoms with Crippen molar-refractivity contribution in [1.29, 1.82) is 0 Å². The molecule has 0 atom stereocenters. The number of anilines is 1. The number of nitrogens with zero attached hydrogens (tertiary/aromatic N) is 1. The van der Waals surface area contributed by atoms with Gasteiger partial charge in [-0.2, -0.15) is 0 Å². The molecule has 6 nitrogen and oxygen atoms in total. The minimum atomic E-state index is -0.150. The number of H-pyrrole nitrogens is 1. The van der Waals surface area contributed by atoms with Crippen molar-refractivity contribution in [3.63, 3.8) is 0 Å². The summed E-state index contributed by atoms with van der Waals surface area (Å²) in [5, 5.41) is 6.49. The summed E-state index contributed by atoms with van der Waals surface area (Å²) < 4.78 is 10.5. The van der Waals surface area contributed by atoms with E-state index in [1.165, 1.54) is 11.3 Å². The molecule has 28 heavy (non-hydrogen) atoms. The molecule has 0 saturated heterocycles. The second-order valence-electron chi connectivity index (χ2n) is 6.19. The number of methoxy groups -OCH3 is 2. The van der Waals surface area contributed by atoms with E-state index in [4.69, 9.17) is 9.47 Å². The van der Waals surface area contributed by atoms with Gasteiger partial charge in [-0.15, -0.1) is 11.3 Å². The fraction of sp³-hybridized carbons (Fsp3) is 0.143. The van der Waals surface area contributed by atoms with Gasteiger partial charge in [-0.05, 0) is 12.1 Å². The Hall–Kier alpha value is -3.32. The summed E-state index contributed by atoms with van der Waals surface area (Å²) in [4.78, 5) is 20.3. The molecular formula is C21H19N3O3S. The molecule has 0 unspecified atom stereocenters. The van der Waals surface area contributed by atoms with Gasteiger partial charge in [0.25, 0.3) is 0 Å². The summed E-state index contributed by atoms with van der Waals surface area (Å²) in [6.45, 7) is 0. The van der Waals surface area contributed by atoms with Crippen LogP contribution >= 0.6 is 11.3 Å². The van der Waals surface area contributed by atoms with Gasteiger partial charge in [0.05, 0.1) is 26.3 Å². The number of thiazole rings is 1. The lowest BCUT2D eigenvalue weighted by Crippen LogP contribution is -2.14. The average Bonchev–Trinajstić information content (AvgIpc) is 3.34. The van der Waals surface area contributed by atoms with E-state index in [9.17, 15) is 4.79 Å². The molecule has 1 amide bonds. The van der Waals surface area contributed by atoms with Gasteiger partial charge in [0.1, 0.15) is 11.5 Å². The third-order valence-corrected chi connectivity index (χ3v) is 5.22. The largest absolute Gasteiger partial charge is 0.497 e. The molecule has 2 aromatic carbocycles. The maximum absolute atomic E-state index is 12.5. The number of para-hydroxylation sites is 1. The monoisotopic (exact) mass is 393 g/mol. The van der Waals surface area contributed by atoms with Crippen LogP contribution in [0.4, 0.5) is 5.13 Å². The van der Waals surface area contributed by atoms with Gasteiger partial charge in [-0.1, -0.05) is 24.3 Å². The fourth-order valence-electron chi connectivity index (χ4n) is 3.07. The van der Waals surface area contributed by atoms with Crippen LogP contribution in [0.15, 0.2) is 54.0 Å². The number of carbonyl (C=O) groups is 1. The van der Waals surface area contributed by atoms with Crippen molar-refractivity contribution in [2.45, 2.75) is 6.42 Å². The molecule has 7 heteroatoms. The molecule has 0 fully saturated rings. The molecule has 0 saturated carbocycles. The number of aromatic amines is 1. The topological polar surface area (TPSA) is 76.2 Å². The number of hydrogen-bond acceptors (Lipinski definition) is 5. The van der Waals surface area contributed by atoms with E-state index in [0.717, 1.165) is 27.7 Å². The molecule has 2 aromatic heterocycles. The van der Waals surface area contributed by atoms with Crippen molar-refractivity contribution >= 4 is 33.3 Å². The number of amides is 1. The maximum atomic E-state index is 12.5. The zero-order valence-corrected chi connectivity index (χ0v) is 16.3. The van der Waals surface area contributed by atoms with Crippen molar-refractivity contribution in [3.05, 3.63) is 59.6 Å². The first-order chi connectivity index (χ1) is 13.7. The summed E-state index contributed by atoms with van der Waals surface area (Å²) in [6, 6.07) is 13.5. The molecular weight excluding hydrogens is 374 g/mol. The van der Waals surface area contributed by atoms with E-state index in [-0.39, 0.29) is 12.3 Å². The summed E-state index contributed by atoms with van der Waals surface area (Å²) in [5.74, 6) is 1.15. The number of nitrogens with one attached hydrogen (secondary N) is 2. The Kier molecular flexibility index (Phi) is 4.99. The molecule has 0 bridgehead atoms. The lowest BCUT2D eigenvalue weighted by atomic mass is 10.1. The summed E-state index contributed by atoms with van der Waals surface area (Å²) in [5.41, 5.74) is 3.70. The molecule has 0 radical (unpaired) electrons. The molecule has 2 heterocycles. The molecule has 4 aromatic rings. The zero-order valence-electron chi connectivity index (χ0n) is 15.5. The molecule has 0 aliphatic rings. The average molecular weight is 393 g/mol. The van der Waals surface area contributed by atoms with E-state index >= 15 is 0 Å². The summed E-state index contributed by atoms with van der Waals surface area (Å²) in [6.07, 6.45) is 2.13. The van der Waals surface area contributed by atoms with E-state index in [1.54, 1.807) is 20.3 Å². The summed E-state index contributed by atoms with van der Waals surface area (Å²) >= 11 is 1.40. The second kappa shape index (κ2) is 7.74. The standard InChI is InChI=1S/C21H19N3O3S/c1-26-14-8-7-13(19(10-14)27-2)9-20(25)24-21-23-18(12-28-21)16-11-22-17-6-4-3-5-15(16)17/h3-8,10-12,22H,9H2,1-2H3,(H,23,24,25). The normalized spacial score (nSPS) is 10.8. The van der Waals surface area contributed by atoms with Crippen molar-refractivity contribution in [2.24, 2.45) is 0 Å². The Labute approximate surface area is 166 Å². The minimum absolute atomic E-state index is 0.150. The Morgan fingerprint density at radius 3 is 2.86 bits per heavy atom. The molecule has 0 aliphatic carbocycles. The van der Waals surface area contributed by atoms with Crippen LogP contribution < -0.4 is 14.8 Å². The van der Waals surface area contributed by atoms with Gasteiger partial charge in [0.2, 0.25) is 5.91 Å². The third-order valence-electron chi connectivity index (χ3n) is 4.46. The molecule has 0 aliphatic heterocycles. The quantitative estimate of drug-likeness (QED) is 0.506. The Balaban J connectivity index is 1.49. The van der Waals surface area contributed by atoms with Crippen molar-refractivity contribution in [2.75, 3.05) is 19.5 Å². The Bertz CT molecular complexity index is 1130. The zero-order chi connectivity index (χ0) is 19.5. The molecule has 142 valence electrons. The van der Waals surface area contributed by atoms with Gasteiger partial charge in [0, 0.05) is 39.7 Å². The van der Waals surface area contributed by atoms with E-state index in [2.05, 4.69) is 21.4 Å². The number of hydrogen-bond donors (Lipinski definition) is 2. The third kappa shape index (κ3) is 3.57. The predicted octanol–water partition coefficient (Wildman–Crippen LogP) is 4.49. The van der Waals surface area contributed by atoms with Gasteiger partial charge in [-0.25, -0.2) is 4.98 Å². The van der Waals surface area contributed by atoms with E-state index < -0.39 is 0 Å². The van der Waals surface area contributed by atoms with Gasteiger partial charge < -0.3 is 19.8 Å². The highest BCUT2D eigenvalue weighted by Crippen LogP contribution is 2.31. The predicted molar refractivity (Wildman–Crippen MR) is 111 cm³/mol. The van der Waals surface area contributed by atoms with Crippen LogP contribution in [-0.4, -0.2) is 30.1 Å². The van der Waals surface area contributed by atoms with Crippen LogP contribution in [-0.2, 0) is 11.2 Å². The Morgan fingerprint density at radius 2 is 2.04 bits per heavy atom. The SMILES string of the molecule is COc1ccc(CC(=O)Nc2nc(-c3c[nH]c4ccccc34)cs2)c(OC)c1. The molecule has 2 N–H and O–H groups in total. The highest BCUT2D eigenvalue weighted by atomic mass is 32.1. The first-order valence-corrected chi connectivity index (χ1v) is 9.58. The molecule has 4 rings (SSSR count). The highest BCUT2D eigenvalue weighted by molar-refractivity contribution is 7.14. The summed E-state index contributed by atoms with van der Waals surface area (Å²) in [7, 11) is 3.17. The van der Waals surface area contributed by atoms with Crippen LogP contribution in [0.3, 0.4) is 0 Å². The van der Waals surface area contributed by atoms with Crippen LogP contribution in [0.1, 0.15) is 5.56 Å². The first kappa shape index (κ1) is 18.1. The van der Waals surface area contributed by atoms with Crippen LogP contribution in [0, 0.1) is 0 Å². The first-order valence-electron chi connectivity index (χ1n) is 8.70. The lowest BCUT2D eigenvalue weighted by Gasteiger charge is -2.10. The minimum Gasteiger partial charge on any atom is -0.497 e. The van der Waals surface area contributed by atoms with Crippen molar-refractivity contribution in [1.82, 2.24) is 9.97 Å². The fourth-order valence-corrected chi connectivity index (χ4v) is 3.80. The molecule has 0 spiro atoms. The second-order valence-corrected chi connectivity index (χ2v) is 7.05. The number of rotatable bonds is 6. The number of aromatic nitrogens is 2. The van der Waals surface area contributed by atoms with Crippen LogP contribution in [0.5, 0.6) is 11.5 Å². The van der Waals surface area contributed by atoms with Gasteiger partial charge >= 0.3 is 0 Å². The number of carbonyl (C=O) groups excluding carboxylic acids is 1. The van der Waals surface area contributed by atoms with Gasteiger partial charge in [-0.3, -0.25) is 4.79 Å².